The topological polar surface area (TPSA) is 80.3 Å². The van der Waals surface area contributed by atoms with Crippen LogP contribution in [0.25, 0.3) is 0 Å². The lowest BCUT2D eigenvalue weighted by atomic mass is 10.2. The number of carbonyl (C=O) groups excluding carboxylic acids is 2. The summed E-state index contributed by atoms with van der Waals surface area (Å²) in [4.78, 5) is 21.5. The van der Waals surface area contributed by atoms with Gasteiger partial charge in [-0.25, -0.2) is 0 Å². The van der Waals surface area contributed by atoms with Gasteiger partial charge in [0, 0.05) is 0 Å². The van der Waals surface area contributed by atoms with Crippen LogP contribution in [0.3, 0.4) is 0 Å². The van der Waals surface area contributed by atoms with Gasteiger partial charge in [-0.1, -0.05) is 26.6 Å². The summed E-state index contributed by atoms with van der Waals surface area (Å²) in [6.07, 6.45) is 0.149. The van der Waals surface area contributed by atoms with Crippen molar-refractivity contribution in [3.63, 3.8) is 0 Å². The Hall–Kier alpha value is -1.10. The third-order valence-electron chi connectivity index (χ3n) is 1.86. The average molecular weight is 214 g/mol. The quantitative estimate of drug-likeness (QED) is 0.447. The van der Waals surface area contributed by atoms with Crippen LogP contribution in [0.5, 0.6) is 0 Å². The minimum absolute atomic E-state index is 0.0556. The van der Waals surface area contributed by atoms with Crippen LogP contribution in [0.1, 0.15) is 13.3 Å². The summed E-state index contributed by atoms with van der Waals surface area (Å²) >= 11 is 0. The Kier molecular flexibility index (Phi) is 4.06. The molecular formula is C9H14O4Si-2. The summed E-state index contributed by atoms with van der Waals surface area (Å²) in [5.41, 5.74) is -0.135. The molecule has 0 aromatic carbocycles. The molecule has 0 aliphatic carbocycles. The van der Waals surface area contributed by atoms with E-state index in [4.69, 9.17) is 0 Å². The molecule has 0 atom stereocenters. The second kappa shape index (κ2) is 4.41. The zero-order valence-corrected chi connectivity index (χ0v) is 9.84. The highest BCUT2D eigenvalue weighted by molar-refractivity contribution is 6.87. The number of carboxylic acid groups (broad SMARTS) is 2. The number of aliphatic carboxylic acids is 2. The molecule has 0 heterocycles. The third-order valence-corrected chi connectivity index (χ3v) is 3.86. The van der Waals surface area contributed by atoms with E-state index in [1.165, 1.54) is 0 Å². The van der Waals surface area contributed by atoms with Crippen molar-refractivity contribution in [1.82, 2.24) is 0 Å². The van der Waals surface area contributed by atoms with Gasteiger partial charge in [0.1, 0.15) is 0 Å². The molecule has 80 valence electrons. The molecule has 0 spiro atoms. The lowest BCUT2D eigenvalue weighted by Gasteiger charge is -2.26. The molecular weight excluding hydrogens is 200 g/mol. The van der Waals surface area contributed by atoms with Crippen LogP contribution in [0.15, 0.2) is 10.8 Å². The van der Waals surface area contributed by atoms with Gasteiger partial charge in [0.15, 0.2) is 0 Å². The summed E-state index contributed by atoms with van der Waals surface area (Å²) in [6.45, 7) is 6.87. The summed E-state index contributed by atoms with van der Waals surface area (Å²) in [7, 11) is -2.20. The molecule has 5 heteroatoms. The van der Waals surface area contributed by atoms with Gasteiger partial charge >= 0.3 is 0 Å². The first-order valence-corrected chi connectivity index (χ1v) is 7.88. The Morgan fingerprint density at radius 2 is 1.50 bits per heavy atom. The first-order chi connectivity index (χ1) is 6.21. The lowest BCUT2D eigenvalue weighted by molar-refractivity contribution is -0.303. The van der Waals surface area contributed by atoms with Crippen molar-refractivity contribution in [3.05, 3.63) is 10.8 Å². The molecule has 14 heavy (non-hydrogen) atoms. The predicted molar refractivity (Wildman–Crippen MR) is 50.7 cm³/mol. The molecule has 0 aromatic rings. The molecule has 0 bridgehead atoms. The molecule has 0 rings (SSSR count). The number of hydrogen-bond donors (Lipinski definition) is 0. The SMILES string of the molecule is CC/C(C(=O)[O-])=C(\C(=O)[O-])[Si](C)(C)C. The highest BCUT2D eigenvalue weighted by Crippen LogP contribution is 2.19. The second-order valence-corrected chi connectivity index (χ2v) is 9.03. The van der Waals surface area contributed by atoms with E-state index in [1.54, 1.807) is 26.6 Å². The van der Waals surface area contributed by atoms with Gasteiger partial charge in [-0.05, 0) is 17.2 Å². The monoisotopic (exact) mass is 214 g/mol. The molecule has 0 saturated carbocycles. The van der Waals surface area contributed by atoms with Crippen LogP contribution in [-0.2, 0) is 9.59 Å². The average Bonchev–Trinajstić information content (AvgIpc) is 1.95. The molecule has 0 radical (unpaired) electrons. The van der Waals surface area contributed by atoms with Crippen molar-refractivity contribution in [3.8, 4) is 0 Å². The largest absolute Gasteiger partial charge is 0.546 e. The van der Waals surface area contributed by atoms with Crippen molar-refractivity contribution in [2.75, 3.05) is 0 Å². The molecule has 0 aromatic heterocycles. The van der Waals surface area contributed by atoms with Crippen LogP contribution in [0.2, 0.25) is 19.6 Å². The Labute approximate surface area is 84.3 Å². The van der Waals surface area contributed by atoms with Crippen molar-refractivity contribution < 1.29 is 19.8 Å². The molecule has 4 nitrogen and oxygen atoms in total. The summed E-state index contributed by atoms with van der Waals surface area (Å²) < 4.78 is 0. The van der Waals surface area contributed by atoms with Crippen molar-refractivity contribution in [2.24, 2.45) is 0 Å². The fraction of sp³-hybridized carbons (Fsp3) is 0.556. The van der Waals surface area contributed by atoms with Gasteiger partial charge in [-0.2, -0.15) is 0 Å². The fourth-order valence-electron chi connectivity index (χ4n) is 1.31. The van der Waals surface area contributed by atoms with Crippen molar-refractivity contribution >= 4 is 20.0 Å². The zero-order valence-electron chi connectivity index (χ0n) is 8.84. The van der Waals surface area contributed by atoms with E-state index in [0.717, 1.165) is 0 Å². The van der Waals surface area contributed by atoms with E-state index < -0.39 is 20.0 Å². The predicted octanol–water partition coefficient (Wildman–Crippen LogP) is -0.930. The van der Waals surface area contributed by atoms with Gasteiger partial charge in [-0.15, -0.1) is 0 Å². The van der Waals surface area contributed by atoms with E-state index in [1.807, 2.05) is 0 Å². The van der Waals surface area contributed by atoms with Crippen molar-refractivity contribution in [2.45, 2.75) is 33.0 Å². The van der Waals surface area contributed by atoms with Gasteiger partial charge in [0.25, 0.3) is 0 Å². The molecule has 0 aliphatic heterocycles. The Balaban J connectivity index is 5.57. The Bertz CT molecular complexity index is 286. The van der Waals surface area contributed by atoms with Gasteiger partial charge in [0.2, 0.25) is 0 Å². The molecule has 0 saturated heterocycles. The van der Waals surface area contributed by atoms with Crippen molar-refractivity contribution in [1.29, 1.82) is 0 Å². The van der Waals surface area contributed by atoms with E-state index in [0.29, 0.717) is 0 Å². The highest BCUT2D eigenvalue weighted by Gasteiger charge is 2.24. The summed E-state index contributed by atoms with van der Waals surface area (Å²) in [6, 6.07) is 0. The summed E-state index contributed by atoms with van der Waals surface area (Å²) in [5, 5.41) is 21.5. The lowest BCUT2D eigenvalue weighted by Crippen LogP contribution is -2.41. The first-order valence-electron chi connectivity index (χ1n) is 4.38. The Morgan fingerprint density at radius 1 is 1.07 bits per heavy atom. The molecule has 0 aliphatic rings. The highest BCUT2D eigenvalue weighted by atomic mass is 28.3. The number of rotatable bonds is 4. The maximum atomic E-state index is 10.8. The van der Waals surface area contributed by atoms with E-state index in [9.17, 15) is 19.8 Å². The molecule has 0 fully saturated rings. The maximum absolute atomic E-state index is 10.8. The van der Waals surface area contributed by atoms with Crippen LogP contribution in [-0.4, -0.2) is 20.0 Å². The third kappa shape index (κ3) is 2.99. The first kappa shape index (κ1) is 12.9. The summed E-state index contributed by atoms with van der Waals surface area (Å²) in [5.74, 6) is -2.79. The Morgan fingerprint density at radius 3 is 1.57 bits per heavy atom. The minimum atomic E-state index is -2.20. The zero-order chi connectivity index (χ0) is 11.5. The van der Waals surface area contributed by atoms with E-state index in [-0.39, 0.29) is 17.2 Å². The number of carbonyl (C=O) groups is 2. The molecule has 0 unspecified atom stereocenters. The van der Waals surface area contributed by atoms with Gasteiger partial charge in [-0.3, -0.25) is 0 Å². The van der Waals surface area contributed by atoms with E-state index in [2.05, 4.69) is 0 Å². The normalized spacial score (nSPS) is 13.4. The molecule has 0 amide bonds. The number of carboxylic acids is 2. The van der Waals surface area contributed by atoms with Gasteiger partial charge < -0.3 is 19.8 Å². The molecule has 0 N–H and O–H groups in total. The second-order valence-electron chi connectivity index (χ2n) is 4.03. The van der Waals surface area contributed by atoms with Crippen LogP contribution in [0.4, 0.5) is 0 Å². The van der Waals surface area contributed by atoms with Crippen LogP contribution < -0.4 is 10.2 Å². The maximum Gasteiger partial charge on any atom is 0.0804 e. The van der Waals surface area contributed by atoms with E-state index >= 15 is 0 Å². The standard InChI is InChI=1S/C9H16O4Si/c1-5-6(8(10)11)7(9(12)13)14(2,3)4/h5H2,1-4H3,(H,10,11)(H,12,13)/p-2/b7-6-. The smallest absolute Gasteiger partial charge is 0.0804 e. The fourth-order valence-corrected chi connectivity index (χ4v) is 3.10. The van der Waals surface area contributed by atoms with Gasteiger partial charge in [0.05, 0.1) is 20.0 Å². The van der Waals surface area contributed by atoms with Crippen LogP contribution >= 0.6 is 0 Å². The number of hydrogen-bond acceptors (Lipinski definition) is 4. The minimum Gasteiger partial charge on any atom is -0.546 e. The van der Waals surface area contributed by atoms with Crippen LogP contribution in [0, 0.1) is 0 Å².